The lowest BCUT2D eigenvalue weighted by Gasteiger charge is -2.41. The van der Waals surface area contributed by atoms with Gasteiger partial charge in [-0.3, -0.25) is 4.79 Å². The Hall–Kier alpha value is -2.32. The van der Waals surface area contributed by atoms with Crippen molar-refractivity contribution in [1.82, 2.24) is 0 Å². The highest BCUT2D eigenvalue weighted by molar-refractivity contribution is 7.99. The Balaban J connectivity index is 1.10. The zero-order chi connectivity index (χ0) is 23.0. The van der Waals surface area contributed by atoms with Crippen LogP contribution in [-0.2, 0) is 4.79 Å². The van der Waals surface area contributed by atoms with Gasteiger partial charge in [-0.2, -0.15) is 0 Å². The van der Waals surface area contributed by atoms with Crippen LogP contribution in [-0.4, -0.2) is 5.78 Å². The highest BCUT2D eigenvalue weighted by Crippen LogP contribution is 2.56. The van der Waals surface area contributed by atoms with Gasteiger partial charge in [0, 0.05) is 27.5 Å². The SMILES string of the molecule is O=C1CCC(c2ccccc2)C12CCC(CCCC1c3ccccc3Sc3ccccc31)CC2. The quantitative estimate of drug-likeness (QED) is 0.374. The van der Waals surface area contributed by atoms with E-state index >= 15 is 0 Å². The van der Waals surface area contributed by atoms with Crippen LogP contribution in [0.1, 0.15) is 86.3 Å². The van der Waals surface area contributed by atoms with E-state index in [1.807, 2.05) is 11.8 Å². The molecule has 2 fully saturated rings. The molecular weight excluding hydrogens is 432 g/mol. The number of carbonyl (C=O) groups excluding carboxylic acids is 1. The van der Waals surface area contributed by atoms with Crippen LogP contribution in [0, 0.1) is 11.3 Å². The maximum absolute atomic E-state index is 13.1. The third kappa shape index (κ3) is 3.94. The number of carbonyl (C=O) groups is 1. The summed E-state index contributed by atoms with van der Waals surface area (Å²) in [6, 6.07) is 28.8. The van der Waals surface area contributed by atoms with Gasteiger partial charge in [0.1, 0.15) is 5.78 Å². The number of benzene rings is 3. The van der Waals surface area contributed by atoms with Crippen LogP contribution in [0.15, 0.2) is 88.7 Å². The van der Waals surface area contributed by atoms with Crippen molar-refractivity contribution >= 4 is 17.5 Å². The summed E-state index contributed by atoms with van der Waals surface area (Å²) in [7, 11) is 0. The van der Waals surface area contributed by atoms with Crippen LogP contribution in [0.25, 0.3) is 0 Å². The molecule has 0 radical (unpaired) electrons. The molecule has 3 aromatic rings. The van der Waals surface area contributed by atoms with E-state index in [1.165, 1.54) is 58.6 Å². The van der Waals surface area contributed by atoms with Crippen molar-refractivity contribution in [2.75, 3.05) is 0 Å². The second-order valence-electron chi connectivity index (χ2n) is 10.7. The first-order valence-corrected chi connectivity index (χ1v) is 14.0. The van der Waals surface area contributed by atoms with Crippen LogP contribution in [0.4, 0.5) is 0 Å². The molecule has 0 bridgehead atoms. The van der Waals surface area contributed by atoms with Gasteiger partial charge in [-0.1, -0.05) is 91.3 Å². The summed E-state index contributed by atoms with van der Waals surface area (Å²) in [6.45, 7) is 0. The summed E-state index contributed by atoms with van der Waals surface area (Å²) in [4.78, 5) is 16.0. The Labute approximate surface area is 208 Å². The summed E-state index contributed by atoms with van der Waals surface area (Å²) in [6.07, 6.45) is 10.3. The maximum atomic E-state index is 13.1. The van der Waals surface area contributed by atoms with Crippen LogP contribution < -0.4 is 0 Å². The van der Waals surface area contributed by atoms with Gasteiger partial charge in [0.25, 0.3) is 0 Å². The van der Waals surface area contributed by atoms with E-state index in [0.717, 1.165) is 31.6 Å². The largest absolute Gasteiger partial charge is 0.299 e. The van der Waals surface area contributed by atoms with Gasteiger partial charge in [-0.25, -0.2) is 0 Å². The Morgan fingerprint density at radius 3 is 2.03 bits per heavy atom. The van der Waals surface area contributed by atoms with Crippen molar-refractivity contribution in [1.29, 1.82) is 0 Å². The lowest BCUT2D eigenvalue weighted by molar-refractivity contribution is -0.128. The molecule has 6 rings (SSSR count). The highest BCUT2D eigenvalue weighted by atomic mass is 32.2. The van der Waals surface area contributed by atoms with Crippen molar-refractivity contribution in [3.05, 3.63) is 95.6 Å². The summed E-state index contributed by atoms with van der Waals surface area (Å²) in [5, 5.41) is 0. The zero-order valence-corrected chi connectivity index (χ0v) is 20.7. The molecular formula is C32H34OS. The molecule has 1 heterocycles. The van der Waals surface area contributed by atoms with E-state index in [2.05, 4.69) is 78.9 Å². The summed E-state index contributed by atoms with van der Waals surface area (Å²) >= 11 is 1.92. The monoisotopic (exact) mass is 466 g/mol. The smallest absolute Gasteiger partial charge is 0.139 e. The van der Waals surface area contributed by atoms with Crippen molar-refractivity contribution < 1.29 is 4.79 Å². The average molecular weight is 467 g/mol. The molecule has 34 heavy (non-hydrogen) atoms. The number of rotatable bonds is 5. The van der Waals surface area contributed by atoms with Crippen molar-refractivity contribution in [2.24, 2.45) is 11.3 Å². The molecule has 1 spiro atoms. The minimum atomic E-state index is -0.0731. The summed E-state index contributed by atoms with van der Waals surface area (Å²) in [5.74, 6) is 2.28. The molecule has 1 aliphatic heterocycles. The first kappa shape index (κ1) is 22.2. The molecule has 174 valence electrons. The highest BCUT2D eigenvalue weighted by Gasteiger charge is 2.51. The van der Waals surface area contributed by atoms with Crippen molar-refractivity contribution in [2.45, 2.75) is 79.4 Å². The topological polar surface area (TPSA) is 17.1 Å². The maximum Gasteiger partial charge on any atom is 0.139 e. The predicted molar refractivity (Wildman–Crippen MR) is 141 cm³/mol. The second-order valence-corrected chi connectivity index (χ2v) is 11.8. The van der Waals surface area contributed by atoms with E-state index < -0.39 is 0 Å². The second kappa shape index (κ2) is 9.38. The molecule has 3 aliphatic rings. The fourth-order valence-corrected chi connectivity index (χ4v) is 8.39. The van der Waals surface area contributed by atoms with E-state index in [4.69, 9.17) is 0 Å². The minimum absolute atomic E-state index is 0.0731. The molecule has 0 N–H and O–H groups in total. The third-order valence-electron chi connectivity index (χ3n) is 9.00. The van der Waals surface area contributed by atoms with Gasteiger partial charge in [-0.15, -0.1) is 0 Å². The summed E-state index contributed by atoms with van der Waals surface area (Å²) in [5.41, 5.74) is 4.34. The van der Waals surface area contributed by atoms with Crippen LogP contribution >= 0.6 is 11.8 Å². The Bertz CT molecular complexity index is 1110. The Morgan fingerprint density at radius 2 is 1.35 bits per heavy atom. The lowest BCUT2D eigenvalue weighted by atomic mass is 9.62. The fourth-order valence-electron chi connectivity index (χ4n) is 7.21. The summed E-state index contributed by atoms with van der Waals surface area (Å²) < 4.78 is 0. The molecule has 1 atom stereocenters. The van der Waals surface area contributed by atoms with E-state index in [0.29, 0.717) is 17.6 Å². The van der Waals surface area contributed by atoms with E-state index in [1.54, 1.807) is 0 Å². The first-order valence-electron chi connectivity index (χ1n) is 13.2. The number of hydrogen-bond acceptors (Lipinski definition) is 2. The fraction of sp³-hybridized carbons (Fsp3) is 0.406. The van der Waals surface area contributed by atoms with Gasteiger partial charge in [0.15, 0.2) is 0 Å². The van der Waals surface area contributed by atoms with Gasteiger partial charge >= 0.3 is 0 Å². The van der Waals surface area contributed by atoms with Crippen molar-refractivity contribution in [3.63, 3.8) is 0 Å². The normalized spacial score (nSPS) is 26.4. The standard InChI is InChI=1S/C32H34OS/c33-31-18-17-28(24-10-2-1-3-11-24)32(31)21-19-23(20-22-32)9-8-14-25-26-12-4-6-15-29(26)34-30-16-7-5-13-27(25)30/h1-7,10-13,15-16,23,25,28H,8-9,14,17-22H2. The molecule has 1 unspecified atom stereocenters. The molecule has 0 saturated heterocycles. The Morgan fingerprint density at radius 1 is 0.735 bits per heavy atom. The number of ketones is 1. The first-order chi connectivity index (χ1) is 16.7. The molecule has 2 heteroatoms. The number of hydrogen-bond donors (Lipinski definition) is 0. The molecule has 2 saturated carbocycles. The Kier molecular flexibility index (Phi) is 6.11. The third-order valence-corrected chi connectivity index (χ3v) is 10.2. The zero-order valence-electron chi connectivity index (χ0n) is 19.9. The molecule has 2 aliphatic carbocycles. The van der Waals surface area contributed by atoms with Gasteiger partial charge in [0.2, 0.25) is 0 Å². The van der Waals surface area contributed by atoms with Gasteiger partial charge in [-0.05, 0) is 79.2 Å². The van der Waals surface area contributed by atoms with Crippen LogP contribution in [0.5, 0.6) is 0 Å². The van der Waals surface area contributed by atoms with E-state index in [-0.39, 0.29) is 5.41 Å². The van der Waals surface area contributed by atoms with Crippen LogP contribution in [0.2, 0.25) is 0 Å². The predicted octanol–water partition coefficient (Wildman–Crippen LogP) is 8.78. The molecule has 0 aromatic heterocycles. The molecule has 1 nitrogen and oxygen atoms in total. The molecule has 3 aromatic carbocycles. The van der Waals surface area contributed by atoms with E-state index in [9.17, 15) is 4.79 Å². The van der Waals surface area contributed by atoms with Crippen molar-refractivity contribution in [3.8, 4) is 0 Å². The minimum Gasteiger partial charge on any atom is -0.299 e. The number of Topliss-reactive ketones (excluding diaryl/α,β-unsaturated/α-hetero) is 1. The average Bonchev–Trinajstić information content (AvgIpc) is 3.20. The van der Waals surface area contributed by atoms with Crippen LogP contribution in [0.3, 0.4) is 0 Å². The van der Waals surface area contributed by atoms with Gasteiger partial charge < -0.3 is 0 Å². The van der Waals surface area contributed by atoms with Gasteiger partial charge in [0.05, 0.1) is 0 Å². The number of fused-ring (bicyclic) bond motifs is 2. The lowest BCUT2D eigenvalue weighted by Crippen LogP contribution is -2.35. The molecule has 0 amide bonds.